The van der Waals surface area contributed by atoms with Crippen molar-refractivity contribution in [1.29, 1.82) is 5.26 Å². The summed E-state index contributed by atoms with van der Waals surface area (Å²) in [5.74, 6) is 0. The summed E-state index contributed by atoms with van der Waals surface area (Å²) in [4.78, 5) is 0. The zero-order chi connectivity index (χ0) is 5.54. The maximum absolute atomic E-state index is 7.92. The third-order valence-corrected chi connectivity index (χ3v) is 0.711. The molecule has 0 heterocycles. The molecule has 0 radical (unpaired) electrons. The SMILES string of the molecule is C#[P+]OCCC#N. The van der Waals surface area contributed by atoms with Gasteiger partial charge in [-0.15, -0.1) is 0 Å². The molecular formula is C4H5NOP+. The molecule has 0 saturated heterocycles. The van der Waals surface area contributed by atoms with Crippen LogP contribution < -0.4 is 0 Å². The second kappa shape index (κ2) is 5.66. The second-order valence-corrected chi connectivity index (χ2v) is 1.32. The van der Waals surface area contributed by atoms with Crippen molar-refractivity contribution < 1.29 is 4.52 Å². The summed E-state index contributed by atoms with van der Waals surface area (Å²) in [5, 5.41) is 7.92. The molecule has 0 N–H and O–H groups in total. The van der Waals surface area contributed by atoms with Crippen LogP contribution in [0, 0.1) is 17.5 Å². The Bertz CT molecular complexity index is 95.8. The average Bonchev–Trinajstić information content (AvgIpc) is 1.69. The van der Waals surface area contributed by atoms with Crippen molar-refractivity contribution in [2.75, 3.05) is 6.61 Å². The fraction of sp³-hybridized carbons (Fsp3) is 0.500. The molecule has 0 aliphatic heterocycles. The fourth-order valence-corrected chi connectivity index (χ4v) is 0.341. The van der Waals surface area contributed by atoms with Crippen LogP contribution in [-0.2, 0) is 4.52 Å². The minimum absolute atomic E-state index is 0.403. The van der Waals surface area contributed by atoms with Gasteiger partial charge in [0.2, 0.25) is 0 Å². The molecule has 0 bridgehead atoms. The van der Waals surface area contributed by atoms with Gasteiger partial charge in [-0.05, 0) is 0 Å². The third kappa shape index (κ3) is 5.66. The van der Waals surface area contributed by atoms with Gasteiger partial charge in [0.15, 0.2) is 0 Å². The first-order chi connectivity index (χ1) is 3.41. The van der Waals surface area contributed by atoms with Crippen molar-refractivity contribution in [2.45, 2.75) is 6.42 Å². The van der Waals surface area contributed by atoms with Gasteiger partial charge < -0.3 is 0 Å². The Morgan fingerprint density at radius 1 is 1.86 bits per heavy atom. The van der Waals surface area contributed by atoms with Crippen molar-refractivity contribution in [2.24, 2.45) is 0 Å². The quantitative estimate of drug-likeness (QED) is 0.401. The van der Waals surface area contributed by atoms with E-state index in [0.717, 1.165) is 0 Å². The summed E-state index contributed by atoms with van der Waals surface area (Å²) in [7, 11) is 0.403. The minimum atomic E-state index is 0.403. The molecule has 0 unspecified atom stereocenters. The molecule has 0 aromatic carbocycles. The van der Waals surface area contributed by atoms with E-state index in [9.17, 15) is 0 Å². The molecule has 0 fully saturated rings. The van der Waals surface area contributed by atoms with Gasteiger partial charge in [0, 0.05) is 0 Å². The number of nitrogens with zero attached hydrogens (tertiary/aromatic N) is 1. The van der Waals surface area contributed by atoms with E-state index in [0.29, 0.717) is 21.3 Å². The summed E-state index contributed by atoms with van der Waals surface area (Å²) in [5.41, 5.74) is 0. The Labute approximate surface area is 44.3 Å². The van der Waals surface area contributed by atoms with E-state index in [1.54, 1.807) is 0 Å². The van der Waals surface area contributed by atoms with E-state index in [1.807, 2.05) is 6.07 Å². The number of hydrogen-bond donors (Lipinski definition) is 0. The maximum atomic E-state index is 7.92. The average molecular weight is 114 g/mol. The van der Waals surface area contributed by atoms with Crippen molar-refractivity contribution in [3.8, 4) is 12.2 Å². The van der Waals surface area contributed by atoms with Crippen LogP contribution in [0.2, 0.25) is 0 Å². The Kier molecular flexibility index (Phi) is 5.39. The molecule has 0 rings (SSSR count). The Balaban J connectivity index is 2.77. The molecule has 0 atom stereocenters. The van der Waals surface area contributed by atoms with E-state index in [4.69, 9.17) is 11.4 Å². The van der Waals surface area contributed by atoms with Crippen LogP contribution in [0.15, 0.2) is 0 Å². The normalized spacial score (nSPS) is 7.14. The predicted molar refractivity (Wildman–Crippen MR) is 28.0 cm³/mol. The molecule has 0 aromatic heterocycles. The van der Waals surface area contributed by atoms with E-state index in [-0.39, 0.29) is 0 Å². The monoisotopic (exact) mass is 114 g/mol. The summed E-state index contributed by atoms with van der Waals surface area (Å²) in [6.07, 6.45) is 5.33. The van der Waals surface area contributed by atoms with Crippen LogP contribution in [0.1, 0.15) is 6.42 Å². The summed E-state index contributed by atoms with van der Waals surface area (Å²) < 4.78 is 4.60. The van der Waals surface area contributed by atoms with E-state index in [1.165, 1.54) is 0 Å². The molecule has 3 heteroatoms. The number of hydrogen-bond acceptors (Lipinski definition) is 2. The van der Waals surface area contributed by atoms with Gasteiger partial charge in [0.1, 0.15) is 0 Å². The first-order valence-electron chi connectivity index (χ1n) is 1.81. The molecule has 0 aliphatic rings. The Hall–Kier alpha value is -0.340. The second-order valence-electron chi connectivity index (χ2n) is 0.847. The standard InChI is InChI=1S/C4H5NOP/c1-7-6-4-2-3-5/h1H,2,4H2/q+1. The molecule has 0 aliphatic carbocycles. The summed E-state index contributed by atoms with van der Waals surface area (Å²) in [6, 6.07) is 1.92. The zero-order valence-corrected chi connectivity index (χ0v) is 4.69. The van der Waals surface area contributed by atoms with E-state index in [2.05, 4.69) is 4.52 Å². The topological polar surface area (TPSA) is 33.0 Å². The number of nitriles is 1. The summed E-state index contributed by atoms with van der Waals surface area (Å²) >= 11 is 0. The summed E-state index contributed by atoms with van der Waals surface area (Å²) in [6.45, 7) is 0.439. The molecule has 0 saturated carbocycles. The van der Waals surface area contributed by atoms with Gasteiger partial charge in [0.05, 0.1) is 0 Å². The third-order valence-electron chi connectivity index (χ3n) is 0.380. The van der Waals surface area contributed by atoms with Crippen molar-refractivity contribution in [3.63, 3.8) is 0 Å². The predicted octanol–water partition coefficient (Wildman–Crippen LogP) is 1.37. The van der Waals surface area contributed by atoms with Gasteiger partial charge in [-0.1, -0.05) is 0 Å². The van der Waals surface area contributed by atoms with Gasteiger partial charge in [0.25, 0.3) is 0 Å². The van der Waals surface area contributed by atoms with Crippen LogP contribution in [0.3, 0.4) is 0 Å². The fourth-order valence-electron chi connectivity index (χ4n) is 0.144. The van der Waals surface area contributed by atoms with Gasteiger partial charge in [-0.25, -0.2) is 0 Å². The van der Waals surface area contributed by atoms with Crippen LogP contribution in [0.4, 0.5) is 0 Å². The molecule has 0 aromatic rings. The van der Waals surface area contributed by atoms with Crippen LogP contribution in [-0.4, -0.2) is 6.61 Å². The van der Waals surface area contributed by atoms with Gasteiger partial charge in [-0.2, -0.15) is 0 Å². The van der Waals surface area contributed by atoms with E-state index < -0.39 is 0 Å². The molecule has 0 spiro atoms. The zero-order valence-electron chi connectivity index (χ0n) is 3.79. The van der Waals surface area contributed by atoms with Crippen LogP contribution >= 0.6 is 8.26 Å². The van der Waals surface area contributed by atoms with Crippen molar-refractivity contribution >= 4 is 8.26 Å². The molecule has 0 amide bonds. The molecule has 2 nitrogen and oxygen atoms in total. The molecular weight excluding hydrogens is 109 g/mol. The van der Waals surface area contributed by atoms with Crippen molar-refractivity contribution in [3.05, 3.63) is 0 Å². The van der Waals surface area contributed by atoms with Crippen LogP contribution in [0.5, 0.6) is 0 Å². The van der Waals surface area contributed by atoms with Crippen LogP contribution in [0.25, 0.3) is 0 Å². The first-order valence-corrected chi connectivity index (χ1v) is 2.69. The molecule has 7 heavy (non-hydrogen) atoms. The van der Waals surface area contributed by atoms with Gasteiger partial charge >= 0.3 is 43.3 Å². The van der Waals surface area contributed by atoms with E-state index >= 15 is 0 Å². The first kappa shape index (κ1) is 6.66. The van der Waals surface area contributed by atoms with Crippen molar-refractivity contribution in [1.82, 2.24) is 0 Å². The van der Waals surface area contributed by atoms with Gasteiger partial charge in [-0.3, -0.25) is 0 Å². The Morgan fingerprint density at radius 3 is 3.00 bits per heavy atom. The molecule has 36 valence electrons. The number of rotatable bonds is 2. The Morgan fingerprint density at radius 2 is 2.57 bits per heavy atom.